The first kappa shape index (κ1) is 22.0. The van der Waals surface area contributed by atoms with Gasteiger partial charge in [0.15, 0.2) is 11.6 Å². The molecule has 0 heterocycles. The molecule has 0 radical (unpaired) electrons. The Labute approximate surface area is 181 Å². The summed E-state index contributed by atoms with van der Waals surface area (Å²) in [7, 11) is 4.67. The third-order valence-electron chi connectivity index (χ3n) is 5.12. The summed E-state index contributed by atoms with van der Waals surface area (Å²) in [4.78, 5) is 29.0. The lowest BCUT2D eigenvalue weighted by Gasteiger charge is -2.23. The number of carbonyl (C=O) groups excluding carboxylic acids is 2. The molecule has 3 aromatic carbocycles. The molecule has 0 saturated carbocycles. The minimum atomic E-state index is -0.619. The Balaban J connectivity index is 1.79. The molecule has 0 unspecified atom stereocenters. The van der Waals surface area contributed by atoms with Gasteiger partial charge < -0.3 is 14.5 Å². The van der Waals surface area contributed by atoms with Crippen molar-refractivity contribution in [3.63, 3.8) is 0 Å². The molecule has 0 N–H and O–H groups in total. The van der Waals surface area contributed by atoms with Gasteiger partial charge in [-0.2, -0.15) is 0 Å². The van der Waals surface area contributed by atoms with Crippen molar-refractivity contribution >= 4 is 17.5 Å². The lowest BCUT2D eigenvalue weighted by atomic mass is 10.1. The fourth-order valence-corrected chi connectivity index (χ4v) is 3.30. The molecule has 6 heteroatoms. The highest BCUT2D eigenvalue weighted by molar-refractivity contribution is 6.10. The van der Waals surface area contributed by atoms with E-state index in [1.807, 2.05) is 30.3 Å². The van der Waals surface area contributed by atoms with Crippen molar-refractivity contribution < 1.29 is 18.7 Å². The lowest BCUT2D eigenvalue weighted by molar-refractivity contribution is 0.0797. The van der Waals surface area contributed by atoms with Crippen molar-refractivity contribution in [1.82, 2.24) is 4.90 Å². The summed E-state index contributed by atoms with van der Waals surface area (Å²) in [5.41, 5.74) is 2.17. The van der Waals surface area contributed by atoms with Crippen molar-refractivity contribution in [2.45, 2.75) is 6.42 Å². The molecule has 3 aromatic rings. The number of benzene rings is 3. The summed E-state index contributed by atoms with van der Waals surface area (Å²) in [6, 6.07) is 20.9. The molecule has 0 atom stereocenters. The Bertz CT molecular complexity index is 1070. The number of para-hydroxylation sites is 1. The van der Waals surface area contributed by atoms with E-state index < -0.39 is 11.7 Å². The van der Waals surface area contributed by atoms with Gasteiger partial charge in [-0.1, -0.05) is 42.5 Å². The molecule has 160 valence electrons. The van der Waals surface area contributed by atoms with E-state index in [-0.39, 0.29) is 17.2 Å². The zero-order chi connectivity index (χ0) is 22.4. The van der Waals surface area contributed by atoms with E-state index in [0.717, 1.165) is 18.1 Å². The molecule has 0 spiro atoms. The molecule has 0 saturated heterocycles. The molecule has 0 aliphatic rings. The number of anilines is 1. The monoisotopic (exact) mass is 420 g/mol. The summed E-state index contributed by atoms with van der Waals surface area (Å²) in [5, 5.41) is 0. The Morgan fingerprint density at radius 3 is 2.26 bits per heavy atom. The maximum Gasteiger partial charge on any atom is 0.258 e. The number of ether oxygens (including phenoxy) is 1. The van der Waals surface area contributed by atoms with Crippen LogP contribution in [0.4, 0.5) is 10.1 Å². The van der Waals surface area contributed by atoms with Crippen molar-refractivity contribution in [3.8, 4) is 5.75 Å². The van der Waals surface area contributed by atoms with E-state index >= 15 is 0 Å². The van der Waals surface area contributed by atoms with Gasteiger partial charge in [-0.25, -0.2) is 4.39 Å². The van der Waals surface area contributed by atoms with E-state index in [4.69, 9.17) is 4.74 Å². The maximum atomic E-state index is 14.1. The average Bonchev–Trinajstić information content (AvgIpc) is 2.81. The highest BCUT2D eigenvalue weighted by Gasteiger charge is 2.22. The van der Waals surface area contributed by atoms with Crippen LogP contribution in [0.1, 0.15) is 26.3 Å². The molecule has 3 rings (SSSR count). The Morgan fingerprint density at radius 1 is 0.903 bits per heavy atom. The Morgan fingerprint density at radius 2 is 1.58 bits per heavy atom. The van der Waals surface area contributed by atoms with Gasteiger partial charge in [0, 0.05) is 26.2 Å². The minimum absolute atomic E-state index is 0.0646. The van der Waals surface area contributed by atoms with Crippen molar-refractivity contribution in [2.75, 3.05) is 32.6 Å². The highest BCUT2D eigenvalue weighted by atomic mass is 19.1. The normalized spacial score (nSPS) is 10.5. The van der Waals surface area contributed by atoms with Crippen LogP contribution in [0.15, 0.2) is 72.8 Å². The quantitative estimate of drug-likeness (QED) is 0.568. The van der Waals surface area contributed by atoms with Crippen molar-refractivity contribution in [3.05, 3.63) is 95.3 Å². The molecule has 0 aliphatic heterocycles. The number of carbonyl (C=O) groups is 2. The third-order valence-corrected chi connectivity index (χ3v) is 5.12. The summed E-state index contributed by atoms with van der Waals surface area (Å²) >= 11 is 0. The molecule has 2 amide bonds. The number of hydrogen-bond donors (Lipinski definition) is 0. The summed E-state index contributed by atoms with van der Waals surface area (Å²) in [5.74, 6) is -1.16. The molecule has 31 heavy (non-hydrogen) atoms. The number of halogens is 1. The van der Waals surface area contributed by atoms with Crippen LogP contribution in [0.3, 0.4) is 0 Å². The van der Waals surface area contributed by atoms with Gasteiger partial charge in [0.05, 0.1) is 18.4 Å². The van der Waals surface area contributed by atoms with Gasteiger partial charge in [-0.15, -0.1) is 0 Å². The number of methoxy groups -OCH3 is 1. The van der Waals surface area contributed by atoms with Gasteiger partial charge in [0.1, 0.15) is 0 Å². The van der Waals surface area contributed by atoms with Crippen LogP contribution in [0.5, 0.6) is 5.75 Å². The maximum absolute atomic E-state index is 14.1. The van der Waals surface area contributed by atoms with Crippen LogP contribution in [0.25, 0.3) is 0 Å². The zero-order valence-electron chi connectivity index (χ0n) is 17.8. The second-order valence-electron chi connectivity index (χ2n) is 7.19. The molecular formula is C25H25FN2O3. The second-order valence-corrected chi connectivity index (χ2v) is 7.19. The number of rotatable bonds is 7. The van der Waals surface area contributed by atoms with Gasteiger partial charge in [-0.3, -0.25) is 9.59 Å². The van der Waals surface area contributed by atoms with Gasteiger partial charge in [-0.05, 0) is 42.3 Å². The van der Waals surface area contributed by atoms with E-state index in [0.29, 0.717) is 17.8 Å². The standard InChI is InChI=1S/C25H25FN2O3/c1-27(16-15-18-9-5-4-6-10-18)25(30)20-11-7-8-12-22(20)28(2)24(29)19-13-14-23(31-3)21(26)17-19/h4-14,17H,15-16H2,1-3H3. The zero-order valence-corrected chi connectivity index (χ0v) is 17.8. The smallest absolute Gasteiger partial charge is 0.258 e. The summed E-state index contributed by atoms with van der Waals surface area (Å²) < 4.78 is 19.0. The van der Waals surface area contributed by atoms with E-state index in [9.17, 15) is 14.0 Å². The third kappa shape index (κ3) is 5.09. The highest BCUT2D eigenvalue weighted by Crippen LogP contribution is 2.24. The number of hydrogen-bond acceptors (Lipinski definition) is 3. The molecule has 0 bridgehead atoms. The minimum Gasteiger partial charge on any atom is -0.494 e. The van der Waals surface area contributed by atoms with Gasteiger partial charge >= 0.3 is 0 Å². The van der Waals surface area contributed by atoms with Crippen LogP contribution < -0.4 is 9.64 Å². The first-order valence-electron chi connectivity index (χ1n) is 9.92. The molecule has 0 fully saturated rings. The van der Waals surface area contributed by atoms with E-state index in [1.165, 1.54) is 24.1 Å². The Hall–Kier alpha value is -3.67. The Kier molecular flexibility index (Phi) is 7.03. The fourth-order valence-electron chi connectivity index (χ4n) is 3.30. The van der Waals surface area contributed by atoms with Gasteiger partial charge in [0.25, 0.3) is 11.8 Å². The van der Waals surface area contributed by atoms with E-state index in [1.54, 1.807) is 43.3 Å². The molecule has 0 aromatic heterocycles. The SMILES string of the molecule is COc1ccc(C(=O)N(C)c2ccccc2C(=O)N(C)CCc2ccccc2)cc1F. The van der Waals surface area contributed by atoms with Crippen molar-refractivity contribution in [2.24, 2.45) is 0 Å². The molecule has 0 aliphatic carbocycles. The summed E-state index contributed by atoms with van der Waals surface area (Å²) in [6.07, 6.45) is 0.727. The van der Waals surface area contributed by atoms with Crippen molar-refractivity contribution in [1.29, 1.82) is 0 Å². The molecular weight excluding hydrogens is 395 g/mol. The number of likely N-dealkylation sites (N-methyl/N-ethyl adjacent to an activating group) is 1. The fraction of sp³-hybridized carbons (Fsp3) is 0.200. The van der Waals surface area contributed by atoms with E-state index in [2.05, 4.69) is 0 Å². The van der Waals surface area contributed by atoms with Crippen LogP contribution in [0.2, 0.25) is 0 Å². The summed E-state index contributed by atoms with van der Waals surface area (Å²) in [6.45, 7) is 0.540. The van der Waals surface area contributed by atoms with Crippen LogP contribution >= 0.6 is 0 Å². The first-order chi connectivity index (χ1) is 14.9. The van der Waals surface area contributed by atoms with Crippen LogP contribution in [-0.2, 0) is 6.42 Å². The lowest BCUT2D eigenvalue weighted by Crippen LogP contribution is -2.32. The predicted molar refractivity (Wildman–Crippen MR) is 119 cm³/mol. The number of nitrogens with zero attached hydrogens (tertiary/aromatic N) is 2. The van der Waals surface area contributed by atoms with Gasteiger partial charge in [0.2, 0.25) is 0 Å². The second kappa shape index (κ2) is 9.89. The first-order valence-corrected chi connectivity index (χ1v) is 9.92. The average molecular weight is 420 g/mol. The predicted octanol–water partition coefficient (Wildman–Crippen LogP) is 4.43. The van der Waals surface area contributed by atoms with Crippen LogP contribution in [0, 0.1) is 5.82 Å². The topological polar surface area (TPSA) is 49.9 Å². The van der Waals surface area contributed by atoms with Crippen LogP contribution in [-0.4, -0.2) is 44.5 Å². The number of amides is 2. The molecule has 5 nitrogen and oxygen atoms in total. The largest absolute Gasteiger partial charge is 0.494 e.